The van der Waals surface area contributed by atoms with Gasteiger partial charge in [0.05, 0.1) is 11.9 Å². The van der Waals surface area contributed by atoms with Gasteiger partial charge in [-0.05, 0) is 36.1 Å². The van der Waals surface area contributed by atoms with Crippen molar-refractivity contribution in [2.45, 2.75) is 52.1 Å². The molecule has 0 fully saturated rings. The molecule has 0 heterocycles. The zero-order chi connectivity index (χ0) is 29.1. The number of carbonyl (C=O) groups excluding carboxylic acids is 2. The van der Waals surface area contributed by atoms with Gasteiger partial charge in [0.1, 0.15) is 18.4 Å². The van der Waals surface area contributed by atoms with Crippen LogP contribution in [-0.2, 0) is 39.0 Å². The van der Waals surface area contributed by atoms with Gasteiger partial charge in [0.25, 0.3) is 0 Å². The van der Waals surface area contributed by atoms with Gasteiger partial charge in [-0.2, -0.15) is 0 Å². The number of amides is 2. The molecule has 214 valence electrons. The van der Waals surface area contributed by atoms with Gasteiger partial charge >= 0.3 is 0 Å². The maximum absolute atomic E-state index is 14.8. The first-order chi connectivity index (χ1) is 19.2. The second-order valence-electron chi connectivity index (χ2n) is 9.72. The Balaban J connectivity index is 2.06. The Bertz CT molecular complexity index is 1380. The van der Waals surface area contributed by atoms with E-state index in [0.717, 1.165) is 34.5 Å². The van der Waals surface area contributed by atoms with Gasteiger partial charge in [0.15, 0.2) is 0 Å². The zero-order valence-corrected chi connectivity index (χ0v) is 24.2. The molecule has 0 saturated carbocycles. The molecule has 0 aliphatic heterocycles. The summed E-state index contributed by atoms with van der Waals surface area (Å²) in [6.07, 6.45) is 3.43. The number of aryl methyl sites for hydroxylation is 1. The molecule has 9 heteroatoms. The molecule has 1 atom stereocenters. The molecular weight excluding hydrogens is 529 g/mol. The van der Waals surface area contributed by atoms with Crippen LogP contribution in [0.1, 0.15) is 43.4 Å². The number of nitrogens with one attached hydrogen (secondary N) is 1. The third-order valence-corrected chi connectivity index (χ3v) is 7.85. The lowest BCUT2D eigenvalue weighted by Gasteiger charge is -2.34. The Morgan fingerprint density at radius 2 is 1.52 bits per heavy atom. The van der Waals surface area contributed by atoms with E-state index in [2.05, 4.69) is 5.32 Å². The molecule has 40 heavy (non-hydrogen) atoms. The average Bonchev–Trinajstić information content (AvgIpc) is 2.94. The largest absolute Gasteiger partial charge is 0.354 e. The second kappa shape index (κ2) is 14.6. The predicted molar refractivity (Wildman–Crippen MR) is 157 cm³/mol. The number of unbranched alkanes of at least 4 members (excludes halogenated alkanes) is 1. The predicted octanol–water partition coefficient (Wildman–Crippen LogP) is 4.71. The van der Waals surface area contributed by atoms with Crippen LogP contribution in [0, 0.1) is 5.82 Å². The number of anilines is 1. The van der Waals surface area contributed by atoms with Crippen molar-refractivity contribution >= 4 is 27.5 Å². The minimum absolute atomic E-state index is 0.184. The molecule has 0 unspecified atom stereocenters. The van der Waals surface area contributed by atoms with Gasteiger partial charge in [0.2, 0.25) is 21.8 Å². The molecule has 2 amide bonds. The summed E-state index contributed by atoms with van der Waals surface area (Å²) in [4.78, 5) is 28.9. The third kappa shape index (κ3) is 8.39. The van der Waals surface area contributed by atoms with Gasteiger partial charge in [-0.1, -0.05) is 87.0 Å². The molecule has 0 spiro atoms. The summed E-state index contributed by atoms with van der Waals surface area (Å²) in [5, 5.41) is 2.91. The van der Waals surface area contributed by atoms with Crippen LogP contribution in [0.15, 0.2) is 78.9 Å². The number of halogens is 1. The van der Waals surface area contributed by atoms with E-state index >= 15 is 0 Å². The van der Waals surface area contributed by atoms with Gasteiger partial charge in [-0.15, -0.1) is 0 Å². The number of hydrogen-bond acceptors (Lipinski definition) is 4. The van der Waals surface area contributed by atoms with Crippen LogP contribution in [0.4, 0.5) is 10.1 Å². The molecule has 3 rings (SSSR count). The maximum Gasteiger partial charge on any atom is 0.244 e. The number of para-hydroxylation sites is 1. The Kier molecular flexibility index (Phi) is 11.3. The Hall–Kier alpha value is -3.72. The maximum atomic E-state index is 14.8. The van der Waals surface area contributed by atoms with Crippen LogP contribution >= 0.6 is 0 Å². The van der Waals surface area contributed by atoms with E-state index in [1.165, 1.54) is 11.0 Å². The SMILES string of the molecule is CCCCNC(=O)[C@H](Cc1ccccc1)N(Cc1ccccc1F)C(=O)CN(c1ccccc1CC)S(C)(=O)=O. The highest BCUT2D eigenvalue weighted by atomic mass is 32.2. The lowest BCUT2D eigenvalue weighted by atomic mass is 10.0. The van der Waals surface area contributed by atoms with Crippen molar-refractivity contribution in [3.8, 4) is 0 Å². The van der Waals surface area contributed by atoms with Crippen molar-refractivity contribution in [2.24, 2.45) is 0 Å². The average molecular weight is 568 g/mol. The Morgan fingerprint density at radius 3 is 2.15 bits per heavy atom. The van der Waals surface area contributed by atoms with Crippen molar-refractivity contribution in [1.82, 2.24) is 10.2 Å². The molecule has 0 aliphatic rings. The molecule has 0 bridgehead atoms. The first-order valence-corrected chi connectivity index (χ1v) is 15.4. The summed E-state index contributed by atoms with van der Waals surface area (Å²) < 4.78 is 41.8. The van der Waals surface area contributed by atoms with E-state index in [4.69, 9.17) is 0 Å². The van der Waals surface area contributed by atoms with Gasteiger partial charge < -0.3 is 10.2 Å². The molecule has 0 saturated heterocycles. The number of rotatable bonds is 14. The number of nitrogens with zero attached hydrogens (tertiary/aromatic N) is 2. The summed E-state index contributed by atoms with van der Waals surface area (Å²) in [5.74, 6) is -1.49. The fourth-order valence-corrected chi connectivity index (χ4v) is 5.40. The lowest BCUT2D eigenvalue weighted by molar-refractivity contribution is -0.140. The molecule has 0 aromatic heterocycles. The van der Waals surface area contributed by atoms with E-state index in [-0.39, 0.29) is 24.4 Å². The summed E-state index contributed by atoms with van der Waals surface area (Å²) >= 11 is 0. The molecule has 1 N–H and O–H groups in total. The molecule has 0 radical (unpaired) electrons. The second-order valence-corrected chi connectivity index (χ2v) is 11.6. The first-order valence-electron chi connectivity index (χ1n) is 13.6. The highest BCUT2D eigenvalue weighted by Gasteiger charge is 2.33. The minimum atomic E-state index is -3.87. The van der Waals surface area contributed by atoms with Gasteiger partial charge in [-0.25, -0.2) is 12.8 Å². The number of benzene rings is 3. The summed E-state index contributed by atoms with van der Waals surface area (Å²) in [6.45, 7) is 3.62. The normalized spacial score (nSPS) is 12.0. The van der Waals surface area contributed by atoms with E-state index < -0.39 is 34.3 Å². The van der Waals surface area contributed by atoms with Crippen LogP contribution < -0.4 is 9.62 Å². The van der Waals surface area contributed by atoms with Gasteiger partial charge in [0, 0.05) is 25.1 Å². The minimum Gasteiger partial charge on any atom is -0.354 e. The van der Waals surface area contributed by atoms with E-state index in [1.54, 1.807) is 30.3 Å². The molecule has 7 nitrogen and oxygen atoms in total. The summed E-state index contributed by atoms with van der Waals surface area (Å²) in [5.41, 5.74) is 2.22. The van der Waals surface area contributed by atoms with Crippen molar-refractivity contribution in [1.29, 1.82) is 0 Å². The van der Waals surface area contributed by atoms with Crippen molar-refractivity contribution in [3.05, 3.63) is 101 Å². The van der Waals surface area contributed by atoms with Crippen LogP contribution in [0.2, 0.25) is 0 Å². The topological polar surface area (TPSA) is 86.8 Å². The van der Waals surface area contributed by atoms with E-state index in [0.29, 0.717) is 18.7 Å². The Morgan fingerprint density at radius 1 is 0.900 bits per heavy atom. The van der Waals surface area contributed by atoms with Crippen LogP contribution in [-0.4, -0.2) is 50.5 Å². The Labute approximate surface area is 237 Å². The molecule has 3 aromatic carbocycles. The molecule has 0 aliphatic carbocycles. The van der Waals surface area contributed by atoms with Crippen LogP contribution in [0.25, 0.3) is 0 Å². The first kappa shape index (κ1) is 30.8. The fourth-order valence-electron chi connectivity index (χ4n) is 4.52. The number of carbonyl (C=O) groups is 2. The van der Waals surface area contributed by atoms with Crippen molar-refractivity contribution in [2.75, 3.05) is 23.7 Å². The van der Waals surface area contributed by atoms with E-state index in [1.807, 2.05) is 56.3 Å². The monoisotopic (exact) mass is 567 g/mol. The molecule has 3 aromatic rings. The quantitative estimate of drug-likeness (QED) is 0.286. The van der Waals surface area contributed by atoms with Crippen molar-refractivity contribution < 1.29 is 22.4 Å². The number of sulfonamides is 1. The summed E-state index contributed by atoms with van der Waals surface area (Å²) in [7, 11) is -3.87. The van der Waals surface area contributed by atoms with Crippen LogP contribution in [0.3, 0.4) is 0 Å². The fraction of sp³-hybridized carbons (Fsp3) is 0.355. The van der Waals surface area contributed by atoms with E-state index in [9.17, 15) is 22.4 Å². The smallest absolute Gasteiger partial charge is 0.244 e. The highest BCUT2D eigenvalue weighted by molar-refractivity contribution is 7.92. The third-order valence-electron chi connectivity index (χ3n) is 6.72. The van der Waals surface area contributed by atoms with Crippen molar-refractivity contribution in [3.63, 3.8) is 0 Å². The number of hydrogen-bond donors (Lipinski definition) is 1. The molecular formula is C31H38FN3O4S. The zero-order valence-electron chi connectivity index (χ0n) is 23.3. The van der Waals surface area contributed by atoms with Gasteiger partial charge in [-0.3, -0.25) is 13.9 Å². The van der Waals surface area contributed by atoms with Crippen LogP contribution in [0.5, 0.6) is 0 Å². The summed E-state index contributed by atoms with van der Waals surface area (Å²) in [6, 6.07) is 21.3. The standard InChI is InChI=1S/C31H38FN3O4S/c1-4-6-20-33-31(37)29(21-24-14-8-7-9-15-24)34(22-26-17-10-12-18-27(26)32)30(36)23-35(40(3,38)39)28-19-13-11-16-25(28)5-2/h7-19,29H,4-6,20-23H2,1-3H3,(H,33,37)/t29-/m0/s1. The highest BCUT2D eigenvalue weighted by Crippen LogP contribution is 2.25. The lowest BCUT2D eigenvalue weighted by Crippen LogP contribution is -2.53.